The second-order valence-corrected chi connectivity index (χ2v) is 5.72. The lowest BCUT2D eigenvalue weighted by molar-refractivity contribution is 0.0977. The molecule has 0 N–H and O–H groups in total. The Morgan fingerprint density at radius 3 is 2.77 bits per heavy atom. The average Bonchev–Trinajstić information content (AvgIpc) is 2.69. The van der Waals surface area contributed by atoms with Gasteiger partial charge in [-0.1, -0.05) is 36.4 Å². The van der Waals surface area contributed by atoms with Gasteiger partial charge in [-0.05, 0) is 24.3 Å². The number of carbonyl (C=O) groups excluding carboxylic acids is 1. The molecular weight excluding hydrogens is 328 g/mol. The van der Waals surface area contributed by atoms with Crippen molar-refractivity contribution in [3.63, 3.8) is 0 Å². The third-order valence-corrected chi connectivity index (χ3v) is 3.98. The van der Waals surface area contributed by atoms with E-state index in [-0.39, 0.29) is 5.78 Å². The van der Waals surface area contributed by atoms with Gasteiger partial charge in [-0.3, -0.25) is 9.78 Å². The van der Waals surface area contributed by atoms with Crippen LogP contribution in [-0.2, 0) is 4.74 Å². The third-order valence-electron chi connectivity index (χ3n) is 3.98. The summed E-state index contributed by atoms with van der Waals surface area (Å²) in [5, 5.41) is 10.5. The van der Waals surface area contributed by atoms with Gasteiger partial charge in [0.1, 0.15) is 12.4 Å². The third kappa shape index (κ3) is 3.88. The number of benzene rings is 2. The van der Waals surface area contributed by atoms with Crippen molar-refractivity contribution >= 4 is 16.7 Å². The van der Waals surface area contributed by atoms with Crippen LogP contribution in [-0.4, -0.2) is 31.1 Å². The number of hydrogen-bond acceptors (Lipinski definition) is 5. The summed E-state index contributed by atoms with van der Waals surface area (Å²) in [6, 6.07) is 20.1. The van der Waals surface area contributed by atoms with Crippen molar-refractivity contribution < 1.29 is 14.3 Å². The number of hydrogen-bond donors (Lipinski definition) is 0. The number of ether oxygens (including phenoxy) is 2. The molecule has 0 spiro atoms. The summed E-state index contributed by atoms with van der Waals surface area (Å²) in [6.45, 7) is 0.849. The fourth-order valence-electron chi connectivity index (χ4n) is 2.65. The minimum absolute atomic E-state index is 0.299. The van der Waals surface area contributed by atoms with Gasteiger partial charge in [0, 0.05) is 18.1 Å². The first-order valence-electron chi connectivity index (χ1n) is 8.24. The average molecular weight is 346 g/mol. The Hall–Kier alpha value is -3.23. The molecule has 26 heavy (non-hydrogen) atoms. The molecule has 0 aliphatic rings. The van der Waals surface area contributed by atoms with Crippen LogP contribution in [0.15, 0.2) is 60.7 Å². The predicted octanol–water partition coefficient (Wildman–Crippen LogP) is 3.75. The number of nitrogens with zero attached hydrogens (tertiary/aromatic N) is 2. The first-order chi connectivity index (χ1) is 12.7. The molecule has 130 valence electrons. The van der Waals surface area contributed by atoms with E-state index in [1.54, 1.807) is 37.4 Å². The highest BCUT2D eigenvalue weighted by Gasteiger charge is 2.23. The summed E-state index contributed by atoms with van der Waals surface area (Å²) in [6.07, 6.45) is 0. The molecule has 1 heterocycles. The van der Waals surface area contributed by atoms with Crippen LogP contribution in [0.1, 0.15) is 22.0 Å². The topological polar surface area (TPSA) is 72.2 Å². The van der Waals surface area contributed by atoms with Gasteiger partial charge in [0.15, 0.2) is 11.7 Å². The zero-order valence-electron chi connectivity index (χ0n) is 14.4. The first-order valence-corrected chi connectivity index (χ1v) is 8.24. The molecule has 0 radical (unpaired) electrons. The number of Topliss-reactive ketones (excluding diaryl/α,β-unsaturated/α-hetero) is 1. The number of fused-ring (bicyclic) bond motifs is 1. The summed E-state index contributed by atoms with van der Waals surface area (Å²) in [5.74, 6) is -0.697. The van der Waals surface area contributed by atoms with E-state index in [1.807, 2.05) is 30.3 Å². The van der Waals surface area contributed by atoms with Crippen molar-refractivity contribution in [3.05, 3.63) is 71.9 Å². The molecular formula is C21H18N2O3. The molecule has 3 rings (SSSR count). The van der Waals surface area contributed by atoms with Crippen molar-refractivity contribution in [1.29, 1.82) is 5.26 Å². The minimum Gasteiger partial charge on any atom is -0.491 e. The van der Waals surface area contributed by atoms with Crippen molar-refractivity contribution in [3.8, 4) is 11.8 Å². The second-order valence-electron chi connectivity index (χ2n) is 5.72. The van der Waals surface area contributed by atoms with Crippen LogP contribution in [0.5, 0.6) is 5.75 Å². The molecule has 5 heteroatoms. The summed E-state index contributed by atoms with van der Waals surface area (Å²) in [4.78, 5) is 17.3. The number of carbonyl (C=O) groups is 1. The largest absolute Gasteiger partial charge is 0.491 e. The van der Waals surface area contributed by atoms with Gasteiger partial charge in [-0.15, -0.1) is 0 Å². The van der Waals surface area contributed by atoms with Crippen LogP contribution in [0.4, 0.5) is 0 Å². The normalized spacial score (nSPS) is 11.7. The molecule has 0 fully saturated rings. The highest BCUT2D eigenvalue weighted by molar-refractivity contribution is 6.03. The summed E-state index contributed by atoms with van der Waals surface area (Å²) in [5.41, 5.74) is 1.62. The molecule has 5 nitrogen and oxygen atoms in total. The standard InChI is InChI=1S/C21H18N2O3/c1-25-11-12-26-17-7-4-6-16(13-17)21(24)18(14-22)20-10-9-15-5-2-3-8-19(15)23-20/h2-10,13,18H,11-12H2,1H3. The van der Waals surface area contributed by atoms with Gasteiger partial charge in [0.05, 0.1) is 23.9 Å². The number of aromatic nitrogens is 1. The quantitative estimate of drug-likeness (QED) is 0.481. The maximum Gasteiger partial charge on any atom is 0.186 e. The molecule has 0 saturated carbocycles. The fraction of sp³-hybridized carbons (Fsp3) is 0.190. The first kappa shape index (κ1) is 17.6. The molecule has 0 aliphatic heterocycles. The fourth-order valence-corrected chi connectivity index (χ4v) is 2.65. The lowest BCUT2D eigenvalue weighted by atomic mass is 9.95. The smallest absolute Gasteiger partial charge is 0.186 e. The lowest BCUT2D eigenvalue weighted by Gasteiger charge is -2.11. The Labute approximate surface area is 151 Å². The van der Waals surface area contributed by atoms with E-state index in [9.17, 15) is 10.1 Å². The van der Waals surface area contributed by atoms with E-state index < -0.39 is 5.92 Å². The van der Waals surface area contributed by atoms with E-state index in [0.717, 1.165) is 10.9 Å². The van der Waals surface area contributed by atoms with Crippen LogP contribution in [0.25, 0.3) is 10.9 Å². The lowest BCUT2D eigenvalue weighted by Crippen LogP contribution is -2.13. The van der Waals surface area contributed by atoms with Crippen LogP contribution >= 0.6 is 0 Å². The van der Waals surface area contributed by atoms with E-state index in [2.05, 4.69) is 11.1 Å². The van der Waals surface area contributed by atoms with Crippen LogP contribution in [0, 0.1) is 11.3 Å². The maximum atomic E-state index is 12.9. The summed E-state index contributed by atoms with van der Waals surface area (Å²) < 4.78 is 10.5. The molecule has 0 aliphatic carbocycles. The van der Waals surface area contributed by atoms with E-state index in [1.165, 1.54) is 0 Å². The molecule has 0 amide bonds. The maximum absolute atomic E-state index is 12.9. The van der Waals surface area contributed by atoms with Gasteiger partial charge in [-0.2, -0.15) is 5.26 Å². The Morgan fingerprint density at radius 2 is 1.96 bits per heavy atom. The Balaban J connectivity index is 1.86. The van der Waals surface area contributed by atoms with E-state index >= 15 is 0 Å². The van der Waals surface area contributed by atoms with Crippen molar-refractivity contribution in [2.24, 2.45) is 0 Å². The highest BCUT2D eigenvalue weighted by Crippen LogP contribution is 2.23. The second kappa shape index (κ2) is 8.24. The molecule has 2 aromatic carbocycles. The van der Waals surface area contributed by atoms with Crippen LogP contribution < -0.4 is 4.74 Å². The van der Waals surface area contributed by atoms with E-state index in [4.69, 9.17) is 9.47 Å². The zero-order valence-corrected chi connectivity index (χ0v) is 14.4. The highest BCUT2D eigenvalue weighted by atomic mass is 16.5. The van der Waals surface area contributed by atoms with Gasteiger partial charge in [0.25, 0.3) is 0 Å². The number of ketones is 1. The molecule has 0 bridgehead atoms. The Kier molecular flexibility index (Phi) is 5.57. The Bertz CT molecular complexity index is 963. The van der Waals surface area contributed by atoms with Crippen molar-refractivity contribution in [1.82, 2.24) is 4.98 Å². The number of nitriles is 1. The minimum atomic E-state index is -0.964. The van der Waals surface area contributed by atoms with Gasteiger partial charge >= 0.3 is 0 Å². The Morgan fingerprint density at radius 1 is 1.12 bits per heavy atom. The monoisotopic (exact) mass is 346 g/mol. The van der Waals surface area contributed by atoms with Gasteiger partial charge in [-0.25, -0.2) is 0 Å². The predicted molar refractivity (Wildman–Crippen MR) is 98.2 cm³/mol. The molecule has 1 unspecified atom stereocenters. The van der Waals surface area contributed by atoms with Crippen molar-refractivity contribution in [2.45, 2.75) is 5.92 Å². The zero-order chi connectivity index (χ0) is 18.4. The number of pyridine rings is 1. The molecule has 1 aromatic heterocycles. The SMILES string of the molecule is COCCOc1cccc(C(=O)C(C#N)c2ccc3ccccc3n2)c1. The molecule has 0 saturated heterocycles. The number of para-hydroxylation sites is 1. The molecule has 3 aromatic rings. The van der Waals surface area contributed by atoms with Gasteiger partial charge < -0.3 is 9.47 Å². The van der Waals surface area contributed by atoms with Crippen LogP contribution in [0.3, 0.4) is 0 Å². The number of methoxy groups -OCH3 is 1. The van der Waals surface area contributed by atoms with E-state index in [0.29, 0.717) is 30.2 Å². The number of rotatable bonds is 7. The van der Waals surface area contributed by atoms with Crippen LogP contribution in [0.2, 0.25) is 0 Å². The van der Waals surface area contributed by atoms with Gasteiger partial charge in [0.2, 0.25) is 0 Å². The summed E-state index contributed by atoms with van der Waals surface area (Å²) >= 11 is 0. The summed E-state index contributed by atoms with van der Waals surface area (Å²) in [7, 11) is 1.59. The van der Waals surface area contributed by atoms with Crippen molar-refractivity contribution in [2.75, 3.05) is 20.3 Å². The molecule has 1 atom stereocenters.